The first-order valence-corrected chi connectivity index (χ1v) is 11.7. The first kappa shape index (κ1) is 20.5. The second kappa shape index (κ2) is 8.98. The van der Waals surface area contributed by atoms with Gasteiger partial charge in [0.15, 0.2) is 0 Å². The molecular weight excluding hydrogens is 378 g/mol. The Morgan fingerprint density at radius 2 is 1.35 bits per heavy atom. The maximum atomic E-state index is 6.81. The average Bonchev–Trinajstić information content (AvgIpc) is 2.80. The molecule has 6 rings (SSSR count). The van der Waals surface area contributed by atoms with Gasteiger partial charge in [0.25, 0.3) is 0 Å². The van der Waals surface area contributed by atoms with Crippen molar-refractivity contribution in [1.82, 2.24) is 4.90 Å². The van der Waals surface area contributed by atoms with Crippen LogP contribution in [-0.2, 0) is 11.3 Å². The van der Waals surface area contributed by atoms with E-state index in [0.717, 1.165) is 0 Å². The quantitative estimate of drug-likeness (QED) is 0.485. The van der Waals surface area contributed by atoms with Gasteiger partial charge in [-0.3, -0.25) is 4.90 Å². The van der Waals surface area contributed by atoms with E-state index in [9.17, 15) is 0 Å². The molecule has 3 saturated heterocycles. The van der Waals surface area contributed by atoms with E-state index in [-0.39, 0.29) is 6.10 Å². The molecule has 31 heavy (non-hydrogen) atoms. The molecule has 0 spiro atoms. The van der Waals surface area contributed by atoms with Crippen LogP contribution in [0.2, 0.25) is 0 Å². The molecule has 0 N–H and O–H groups in total. The van der Waals surface area contributed by atoms with E-state index in [1.807, 2.05) is 0 Å². The number of hydrogen-bond acceptors (Lipinski definition) is 2. The number of ether oxygens (including phenoxy) is 1. The van der Waals surface area contributed by atoms with Crippen molar-refractivity contribution in [2.75, 3.05) is 13.1 Å². The number of piperidine rings is 3. The Morgan fingerprint density at radius 3 is 1.90 bits per heavy atom. The summed E-state index contributed by atoms with van der Waals surface area (Å²) in [7, 11) is 0. The Morgan fingerprint density at radius 1 is 0.806 bits per heavy atom. The van der Waals surface area contributed by atoms with Crippen molar-refractivity contribution in [1.29, 1.82) is 0 Å². The molecule has 0 radical (unpaired) electrons. The molecule has 0 aromatic heterocycles. The lowest BCUT2D eigenvalue weighted by atomic mass is 9.72. The number of benzene rings is 3. The fraction of sp³-hybridized carbons (Fsp3) is 0.379. The number of aryl methyl sites for hydroxylation is 2. The molecule has 3 fully saturated rings. The van der Waals surface area contributed by atoms with Gasteiger partial charge in [-0.15, -0.1) is 0 Å². The summed E-state index contributed by atoms with van der Waals surface area (Å²) in [6.07, 6.45) is 2.77. The third-order valence-electron chi connectivity index (χ3n) is 7.18. The molecule has 0 unspecified atom stereocenters. The van der Waals surface area contributed by atoms with E-state index in [1.54, 1.807) is 0 Å². The number of nitrogens with zero attached hydrogens (tertiary/aromatic N) is 1. The van der Waals surface area contributed by atoms with E-state index in [1.165, 1.54) is 53.7 Å². The molecule has 0 saturated carbocycles. The Labute approximate surface area is 186 Å². The smallest absolute Gasteiger partial charge is 0.0773 e. The minimum absolute atomic E-state index is 0.258. The van der Waals surface area contributed by atoms with Crippen molar-refractivity contribution in [3.63, 3.8) is 0 Å². The average molecular weight is 412 g/mol. The molecule has 2 heteroatoms. The van der Waals surface area contributed by atoms with Crippen LogP contribution in [0, 0.1) is 19.8 Å². The van der Waals surface area contributed by atoms with Crippen LogP contribution >= 0.6 is 0 Å². The fourth-order valence-corrected chi connectivity index (χ4v) is 5.92. The maximum absolute atomic E-state index is 6.81. The summed E-state index contributed by atoms with van der Waals surface area (Å²) >= 11 is 0. The zero-order valence-electron chi connectivity index (χ0n) is 18.7. The topological polar surface area (TPSA) is 12.5 Å². The van der Waals surface area contributed by atoms with Crippen LogP contribution in [0.1, 0.15) is 46.6 Å². The SMILES string of the molecule is Cc1cc(C)cc(CO[C@@H]2C3CCN(CC3)[C@H]2C(c2ccccc2)c2ccccc2)c1. The highest BCUT2D eigenvalue weighted by Gasteiger charge is 2.47. The number of hydrogen-bond donors (Lipinski definition) is 0. The van der Waals surface area contributed by atoms with Crippen molar-refractivity contribution in [3.8, 4) is 0 Å². The molecular formula is C29H33NO. The predicted octanol–water partition coefficient (Wildman–Crippen LogP) is 6.11. The molecule has 3 aromatic rings. The van der Waals surface area contributed by atoms with Gasteiger partial charge in [0, 0.05) is 12.0 Å². The van der Waals surface area contributed by atoms with E-state index >= 15 is 0 Å². The molecule has 0 aliphatic carbocycles. The van der Waals surface area contributed by atoms with Crippen LogP contribution in [0.4, 0.5) is 0 Å². The second-order valence-electron chi connectivity index (χ2n) is 9.43. The van der Waals surface area contributed by atoms with Crippen molar-refractivity contribution in [2.45, 2.75) is 51.4 Å². The number of rotatable bonds is 6. The monoisotopic (exact) mass is 411 g/mol. The lowest BCUT2D eigenvalue weighted by molar-refractivity contribution is -0.120. The summed E-state index contributed by atoms with van der Waals surface area (Å²) in [6.45, 7) is 7.43. The van der Waals surface area contributed by atoms with E-state index in [4.69, 9.17) is 4.74 Å². The van der Waals surface area contributed by atoms with Gasteiger partial charge in [0.1, 0.15) is 0 Å². The Kier molecular flexibility index (Phi) is 5.93. The molecule has 3 aliphatic heterocycles. The molecule has 160 valence electrons. The summed E-state index contributed by atoms with van der Waals surface area (Å²) in [6, 6.07) is 29.3. The van der Waals surface area contributed by atoms with E-state index in [0.29, 0.717) is 24.5 Å². The van der Waals surface area contributed by atoms with Crippen molar-refractivity contribution >= 4 is 0 Å². The first-order chi connectivity index (χ1) is 15.2. The highest BCUT2D eigenvalue weighted by molar-refractivity contribution is 5.36. The second-order valence-corrected chi connectivity index (χ2v) is 9.43. The Hall–Kier alpha value is -2.42. The summed E-state index contributed by atoms with van der Waals surface area (Å²) in [5.74, 6) is 0.977. The van der Waals surface area contributed by atoms with E-state index in [2.05, 4.69) is 97.6 Å². The molecule has 3 aromatic carbocycles. The standard InChI is InChI=1S/C29H33NO/c1-21-17-22(2)19-23(18-21)20-31-29-26-13-15-30(16-14-26)28(29)27(24-9-5-3-6-10-24)25-11-7-4-8-12-25/h3-12,17-19,26-29H,13-16,20H2,1-2H3/t28-,29+/m0/s1. The van der Waals surface area contributed by atoms with Crippen LogP contribution in [0.15, 0.2) is 78.9 Å². The van der Waals surface area contributed by atoms with Gasteiger partial charge in [-0.25, -0.2) is 0 Å². The highest BCUT2D eigenvalue weighted by atomic mass is 16.5. The molecule has 2 atom stereocenters. The highest BCUT2D eigenvalue weighted by Crippen LogP contribution is 2.43. The summed E-state index contributed by atoms with van der Waals surface area (Å²) in [5.41, 5.74) is 6.71. The number of fused-ring (bicyclic) bond motifs is 3. The summed E-state index contributed by atoms with van der Waals surface area (Å²) in [4.78, 5) is 2.71. The van der Waals surface area contributed by atoms with Gasteiger partial charge in [0.2, 0.25) is 0 Å². The van der Waals surface area contributed by atoms with Crippen molar-refractivity contribution < 1.29 is 4.74 Å². The van der Waals surface area contributed by atoms with Gasteiger partial charge >= 0.3 is 0 Å². The van der Waals surface area contributed by atoms with Gasteiger partial charge in [-0.05, 0) is 62.4 Å². The van der Waals surface area contributed by atoms with Crippen LogP contribution in [0.25, 0.3) is 0 Å². The minimum Gasteiger partial charge on any atom is -0.372 e. The molecule has 3 aliphatic rings. The van der Waals surface area contributed by atoms with Gasteiger partial charge in [-0.2, -0.15) is 0 Å². The van der Waals surface area contributed by atoms with Crippen LogP contribution in [0.5, 0.6) is 0 Å². The maximum Gasteiger partial charge on any atom is 0.0773 e. The van der Waals surface area contributed by atoms with Crippen LogP contribution in [0.3, 0.4) is 0 Å². The molecule has 3 heterocycles. The van der Waals surface area contributed by atoms with Crippen molar-refractivity contribution in [2.24, 2.45) is 5.92 Å². The van der Waals surface area contributed by atoms with Gasteiger partial charge < -0.3 is 4.74 Å². The molecule has 2 nitrogen and oxygen atoms in total. The van der Waals surface area contributed by atoms with Gasteiger partial charge in [-0.1, -0.05) is 90.0 Å². The zero-order chi connectivity index (χ0) is 21.2. The lowest BCUT2D eigenvalue weighted by Gasteiger charge is -2.53. The lowest BCUT2D eigenvalue weighted by Crippen LogP contribution is -2.60. The summed E-state index contributed by atoms with van der Waals surface area (Å²) in [5, 5.41) is 0. The molecule has 2 bridgehead atoms. The van der Waals surface area contributed by atoms with Crippen molar-refractivity contribution in [3.05, 3.63) is 107 Å². The normalized spacial score (nSPS) is 25.1. The predicted molar refractivity (Wildman–Crippen MR) is 127 cm³/mol. The third kappa shape index (κ3) is 4.33. The van der Waals surface area contributed by atoms with Gasteiger partial charge in [0.05, 0.1) is 12.7 Å². The minimum atomic E-state index is 0.258. The summed E-state index contributed by atoms with van der Waals surface area (Å²) < 4.78 is 6.81. The van der Waals surface area contributed by atoms with Crippen LogP contribution in [-0.4, -0.2) is 30.1 Å². The first-order valence-electron chi connectivity index (χ1n) is 11.7. The van der Waals surface area contributed by atoms with Crippen LogP contribution < -0.4 is 0 Å². The Bertz CT molecular complexity index is 932. The molecule has 0 amide bonds. The third-order valence-corrected chi connectivity index (χ3v) is 7.18. The Balaban J connectivity index is 1.49. The largest absolute Gasteiger partial charge is 0.372 e. The van der Waals surface area contributed by atoms with E-state index < -0.39 is 0 Å². The fourth-order valence-electron chi connectivity index (χ4n) is 5.92. The zero-order valence-corrected chi connectivity index (χ0v) is 18.7.